The summed E-state index contributed by atoms with van der Waals surface area (Å²) in [6, 6.07) is 5.76. The van der Waals surface area contributed by atoms with Crippen LogP contribution in [0.1, 0.15) is 29.6 Å². The quantitative estimate of drug-likeness (QED) is 0.811. The Balaban J connectivity index is 1.93. The molecule has 0 radical (unpaired) electrons. The summed E-state index contributed by atoms with van der Waals surface area (Å²) >= 11 is 0. The molecule has 4 heteroatoms. The molecule has 2 bridgehead atoms. The summed E-state index contributed by atoms with van der Waals surface area (Å²) in [6.07, 6.45) is 3.54. The molecule has 1 aromatic rings. The molecule has 96 valence electrons. The van der Waals surface area contributed by atoms with Gasteiger partial charge in [0.2, 0.25) is 0 Å². The highest BCUT2D eigenvalue weighted by Gasteiger charge is 2.41. The van der Waals surface area contributed by atoms with Gasteiger partial charge in [-0.2, -0.15) is 0 Å². The average molecular weight is 246 g/mol. The fourth-order valence-corrected chi connectivity index (χ4v) is 3.26. The summed E-state index contributed by atoms with van der Waals surface area (Å²) in [5.74, 6) is 1.29. The normalized spacial score (nSPS) is 25.5. The third-order valence-electron chi connectivity index (χ3n) is 4.16. The number of nitrogens with zero attached hydrogens (tertiary/aromatic N) is 1. The number of hydrogen-bond acceptors (Lipinski definition) is 3. The third kappa shape index (κ3) is 1.64. The number of hydrogen-bond donors (Lipinski definition) is 1. The monoisotopic (exact) mass is 246 g/mol. The van der Waals surface area contributed by atoms with Gasteiger partial charge in [-0.3, -0.25) is 4.79 Å². The number of nitrogens with two attached hydrogens (primary N) is 1. The SMILES string of the molecule is COc1cccc(N)c1C(=O)N1CC2CCC1C2. The average Bonchev–Trinajstić information content (AvgIpc) is 2.99. The number of rotatable bonds is 2. The molecule has 1 amide bonds. The Morgan fingerprint density at radius 3 is 2.89 bits per heavy atom. The Morgan fingerprint density at radius 2 is 2.28 bits per heavy atom. The minimum absolute atomic E-state index is 0.0251. The van der Waals surface area contributed by atoms with Crippen molar-refractivity contribution in [1.29, 1.82) is 0 Å². The molecule has 1 aliphatic heterocycles. The first-order chi connectivity index (χ1) is 8.70. The van der Waals surface area contributed by atoms with Crippen LogP contribution in [0.15, 0.2) is 18.2 Å². The van der Waals surface area contributed by atoms with E-state index in [0.717, 1.165) is 19.4 Å². The minimum Gasteiger partial charge on any atom is -0.496 e. The predicted molar refractivity (Wildman–Crippen MR) is 69.6 cm³/mol. The molecule has 1 aromatic carbocycles. The number of benzene rings is 1. The molecule has 0 spiro atoms. The van der Waals surface area contributed by atoms with Crippen molar-refractivity contribution in [3.8, 4) is 5.75 Å². The second-order valence-corrected chi connectivity index (χ2v) is 5.21. The highest BCUT2D eigenvalue weighted by atomic mass is 16.5. The summed E-state index contributed by atoms with van der Waals surface area (Å²) in [7, 11) is 1.57. The van der Waals surface area contributed by atoms with Crippen LogP contribution in [-0.2, 0) is 0 Å². The van der Waals surface area contributed by atoms with Gasteiger partial charge in [-0.15, -0.1) is 0 Å². The number of amides is 1. The molecule has 1 saturated heterocycles. The van der Waals surface area contributed by atoms with Crippen LogP contribution in [0, 0.1) is 5.92 Å². The molecule has 2 fully saturated rings. The van der Waals surface area contributed by atoms with Crippen LogP contribution < -0.4 is 10.5 Å². The maximum absolute atomic E-state index is 12.6. The first-order valence-corrected chi connectivity index (χ1v) is 6.44. The van der Waals surface area contributed by atoms with E-state index < -0.39 is 0 Å². The van der Waals surface area contributed by atoms with Crippen molar-refractivity contribution in [2.24, 2.45) is 5.92 Å². The number of carbonyl (C=O) groups excluding carboxylic acids is 1. The van der Waals surface area contributed by atoms with Crippen LogP contribution in [0.3, 0.4) is 0 Å². The van der Waals surface area contributed by atoms with Crippen LogP contribution >= 0.6 is 0 Å². The number of methoxy groups -OCH3 is 1. The smallest absolute Gasteiger partial charge is 0.259 e. The molecule has 3 rings (SSSR count). The maximum Gasteiger partial charge on any atom is 0.259 e. The van der Waals surface area contributed by atoms with Crippen molar-refractivity contribution in [3.63, 3.8) is 0 Å². The van der Waals surface area contributed by atoms with Crippen LogP contribution in [-0.4, -0.2) is 30.5 Å². The summed E-state index contributed by atoms with van der Waals surface area (Å²) in [6.45, 7) is 0.876. The lowest BCUT2D eigenvalue weighted by atomic mass is 10.1. The number of ether oxygens (including phenoxy) is 1. The lowest BCUT2D eigenvalue weighted by Crippen LogP contribution is -2.38. The van der Waals surface area contributed by atoms with E-state index >= 15 is 0 Å². The Kier molecular flexibility index (Phi) is 2.65. The second kappa shape index (κ2) is 4.19. The van der Waals surface area contributed by atoms with Gasteiger partial charge in [0, 0.05) is 18.3 Å². The summed E-state index contributed by atoms with van der Waals surface area (Å²) in [4.78, 5) is 14.6. The number of carbonyl (C=O) groups is 1. The van der Waals surface area contributed by atoms with Gasteiger partial charge in [-0.1, -0.05) is 6.07 Å². The molecule has 1 aliphatic carbocycles. The van der Waals surface area contributed by atoms with Gasteiger partial charge < -0.3 is 15.4 Å². The molecule has 18 heavy (non-hydrogen) atoms. The van der Waals surface area contributed by atoms with Gasteiger partial charge in [0.1, 0.15) is 11.3 Å². The summed E-state index contributed by atoms with van der Waals surface area (Å²) < 4.78 is 5.26. The van der Waals surface area contributed by atoms with E-state index in [0.29, 0.717) is 29.0 Å². The molecule has 1 heterocycles. The molecule has 0 aromatic heterocycles. The molecule has 2 unspecified atom stereocenters. The standard InChI is InChI=1S/C14H18N2O2/c1-18-12-4-2-3-11(15)13(12)14(17)16-8-9-5-6-10(16)7-9/h2-4,9-10H,5-8,15H2,1H3. The molecule has 2 aliphatic rings. The number of anilines is 1. The molecule has 2 atom stereocenters. The van der Waals surface area contributed by atoms with Gasteiger partial charge in [0.25, 0.3) is 5.91 Å². The Hall–Kier alpha value is -1.71. The number of piperidine rings is 1. The van der Waals surface area contributed by atoms with Crippen molar-refractivity contribution >= 4 is 11.6 Å². The number of fused-ring (bicyclic) bond motifs is 2. The van der Waals surface area contributed by atoms with Crippen LogP contribution in [0.4, 0.5) is 5.69 Å². The van der Waals surface area contributed by atoms with Crippen LogP contribution in [0.25, 0.3) is 0 Å². The lowest BCUT2D eigenvalue weighted by molar-refractivity contribution is 0.0701. The zero-order chi connectivity index (χ0) is 12.7. The van der Waals surface area contributed by atoms with Gasteiger partial charge in [0.15, 0.2) is 0 Å². The van der Waals surface area contributed by atoms with Crippen molar-refractivity contribution < 1.29 is 9.53 Å². The van der Waals surface area contributed by atoms with E-state index in [1.807, 2.05) is 4.90 Å². The van der Waals surface area contributed by atoms with Crippen molar-refractivity contribution in [3.05, 3.63) is 23.8 Å². The highest BCUT2D eigenvalue weighted by molar-refractivity contribution is 6.02. The van der Waals surface area contributed by atoms with Crippen molar-refractivity contribution in [2.45, 2.75) is 25.3 Å². The van der Waals surface area contributed by atoms with E-state index in [-0.39, 0.29) is 5.91 Å². The first kappa shape index (κ1) is 11.4. The number of likely N-dealkylation sites (tertiary alicyclic amines) is 1. The fraction of sp³-hybridized carbons (Fsp3) is 0.500. The third-order valence-corrected chi connectivity index (χ3v) is 4.16. The predicted octanol–water partition coefficient (Wildman–Crippen LogP) is 1.90. The van der Waals surface area contributed by atoms with Crippen LogP contribution in [0.2, 0.25) is 0 Å². The van der Waals surface area contributed by atoms with E-state index in [1.54, 1.807) is 25.3 Å². The van der Waals surface area contributed by atoms with E-state index in [1.165, 1.54) is 6.42 Å². The largest absolute Gasteiger partial charge is 0.496 e. The fourth-order valence-electron chi connectivity index (χ4n) is 3.26. The molecular weight excluding hydrogens is 228 g/mol. The summed E-state index contributed by atoms with van der Waals surface area (Å²) in [5, 5.41) is 0. The van der Waals surface area contributed by atoms with E-state index in [4.69, 9.17) is 10.5 Å². The zero-order valence-electron chi connectivity index (χ0n) is 10.6. The maximum atomic E-state index is 12.6. The van der Waals surface area contributed by atoms with Gasteiger partial charge >= 0.3 is 0 Å². The molecule has 2 N–H and O–H groups in total. The second-order valence-electron chi connectivity index (χ2n) is 5.21. The van der Waals surface area contributed by atoms with Crippen LogP contribution in [0.5, 0.6) is 5.75 Å². The van der Waals surface area contributed by atoms with E-state index in [9.17, 15) is 4.79 Å². The molecular formula is C14H18N2O2. The topological polar surface area (TPSA) is 55.6 Å². The summed E-state index contributed by atoms with van der Waals surface area (Å²) in [5.41, 5.74) is 6.96. The number of nitrogen functional groups attached to an aromatic ring is 1. The molecule has 1 saturated carbocycles. The van der Waals surface area contributed by atoms with Crippen molar-refractivity contribution in [1.82, 2.24) is 4.90 Å². The van der Waals surface area contributed by atoms with Gasteiger partial charge in [-0.25, -0.2) is 0 Å². The van der Waals surface area contributed by atoms with E-state index in [2.05, 4.69) is 0 Å². The Bertz CT molecular complexity index is 487. The molecule has 4 nitrogen and oxygen atoms in total. The lowest BCUT2D eigenvalue weighted by Gasteiger charge is -2.28. The van der Waals surface area contributed by atoms with Gasteiger partial charge in [-0.05, 0) is 37.3 Å². The minimum atomic E-state index is 0.0251. The highest BCUT2D eigenvalue weighted by Crippen LogP contribution is 2.39. The van der Waals surface area contributed by atoms with Gasteiger partial charge in [0.05, 0.1) is 7.11 Å². The van der Waals surface area contributed by atoms with Crippen molar-refractivity contribution in [2.75, 3.05) is 19.4 Å². The zero-order valence-corrected chi connectivity index (χ0v) is 10.6. The Labute approximate surface area is 107 Å². The Morgan fingerprint density at radius 1 is 1.44 bits per heavy atom. The first-order valence-electron chi connectivity index (χ1n) is 6.44.